The molecule has 0 saturated heterocycles. The Balaban J connectivity index is 2.57. The first-order valence-electron chi connectivity index (χ1n) is 5.24. The molecular formula is C11H12Cl2N4. The number of hydrogen-bond acceptors (Lipinski definition) is 3. The highest BCUT2D eigenvalue weighted by Crippen LogP contribution is 2.28. The summed E-state index contributed by atoms with van der Waals surface area (Å²) in [6.07, 6.45) is 3.11. The van der Waals surface area contributed by atoms with Crippen LogP contribution in [0.25, 0.3) is 5.82 Å². The number of aromatic nitrogens is 4. The van der Waals surface area contributed by atoms with Gasteiger partial charge in [-0.15, -0.1) is 11.6 Å². The minimum absolute atomic E-state index is 0.268. The first-order chi connectivity index (χ1) is 8.15. The van der Waals surface area contributed by atoms with Crippen molar-refractivity contribution in [2.75, 3.05) is 0 Å². The van der Waals surface area contributed by atoms with Crippen LogP contribution >= 0.6 is 23.2 Å². The summed E-state index contributed by atoms with van der Waals surface area (Å²) in [6, 6.07) is 1.75. The lowest BCUT2D eigenvalue weighted by Gasteiger charge is -2.01. The van der Waals surface area contributed by atoms with Crippen molar-refractivity contribution in [3.05, 3.63) is 35.0 Å². The standard InChI is InChI=1S/C11H12Cl2N4/c1-7(2)10-8(5-12)11(13)17(16-10)9-3-4-14-6-15-9/h3-4,6-7H,5H2,1-2H3. The van der Waals surface area contributed by atoms with Crippen molar-refractivity contribution in [2.45, 2.75) is 25.6 Å². The molecule has 0 N–H and O–H groups in total. The molecule has 0 spiro atoms. The van der Waals surface area contributed by atoms with Crippen LogP contribution < -0.4 is 0 Å². The highest BCUT2D eigenvalue weighted by Gasteiger charge is 2.19. The van der Waals surface area contributed by atoms with Gasteiger partial charge in [-0.3, -0.25) is 0 Å². The fraction of sp³-hybridized carbons (Fsp3) is 0.364. The molecule has 0 amide bonds. The summed E-state index contributed by atoms with van der Waals surface area (Å²) in [4.78, 5) is 7.98. The predicted molar refractivity (Wildman–Crippen MR) is 67.8 cm³/mol. The second-order valence-corrected chi connectivity index (χ2v) is 4.55. The third-order valence-corrected chi connectivity index (χ3v) is 3.07. The Hall–Kier alpha value is -1.13. The van der Waals surface area contributed by atoms with Gasteiger partial charge in [-0.25, -0.2) is 14.6 Å². The number of nitrogens with zero attached hydrogens (tertiary/aromatic N) is 4. The topological polar surface area (TPSA) is 43.6 Å². The van der Waals surface area contributed by atoms with Crippen LogP contribution in [0.3, 0.4) is 0 Å². The number of rotatable bonds is 3. The van der Waals surface area contributed by atoms with E-state index in [0.29, 0.717) is 16.9 Å². The van der Waals surface area contributed by atoms with Gasteiger partial charge in [0.2, 0.25) is 0 Å². The van der Waals surface area contributed by atoms with Crippen LogP contribution in [0.4, 0.5) is 0 Å². The van der Waals surface area contributed by atoms with Gasteiger partial charge >= 0.3 is 0 Å². The molecule has 0 aliphatic heterocycles. The second-order valence-electron chi connectivity index (χ2n) is 3.92. The summed E-state index contributed by atoms with van der Waals surface area (Å²) in [5.41, 5.74) is 1.77. The van der Waals surface area contributed by atoms with Gasteiger partial charge in [-0.1, -0.05) is 25.4 Å². The Morgan fingerprint density at radius 1 is 1.41 bits per heavy atom. The van der Waals surface area contributed by atoms with Crippen molar-refractivity contribution in [1.29, 1.82) is 0 Å². The average Bonchev–Trinajstić information content (AvgIpc) is 2.67. The predicted octanol–water partition coefficient (Wildman–Crippen LogP) is 3.18. The zero-order valence-electron chi connectivity index (χ0n) is 9.56. The normalized spacial score (nSPS) is 11.1. The van der Waals surface area contributed by atoms with Crippen LogP contribution in [0.1, 0.15) is 31.0 Å². The molecule has 4 nitrogen and oxygen atoms in total. The minimum atomic E-state index is 0.268. The molecule has 0 unspecified atom stereocenters. The zero-order chi connectivity index (χ0) is 12.4. The van der Waals surface area contributed by atoms with E-state index < -0.39 is 0 Å². The van der Waals surface area contributed by atoms with Gasteiger partial charge in [0.1, 0.15) is 11.5 Å². The van der Waals surface area contributed by atoms with E-state index in [0.717, 1.165) is 11.3 Å². The number of halogens is 2. The van der Waals surface area contributed by atoms with E-state index in [1.54, 1.807) is 16.9 Å². The summed E-state index contributed by atoms with van der Waals surface area (Å²) in [5.74, 6) is 1.25. The summed E-state index contributed by atoms with van der Waals surface area (Å²) in [7, 11) is 0. The SMILES string of the molecule is CC(C)c1nn(-c2ccncn2)c(Cl)c1CCl. The molecule has 2 aromatic rings. The highest BCUT2D eigenvalue weighted by atomic mass is 35.5. The molecule has 0 atom stereocenters. The van der Waals surface area contributed by atoms with Gasteiger partial charge < -0.3 is 0 Å². The van der Waals surface area contributed by atoms with Crippen LogP contribution in [0, 0.1) is 0 Å². The largest absolute Gasteiger partial charge is 0.245 e. The molecule has 2 aromatic heterocycles. The quantitative estimate of drug-likeness (QED) is 0.805. The fourth-order valence-corrected chi connectivity index (χ4v) is 2.21. The number of hydrogen-bond donors (Lipinski definition) is 0. The third-order valence-electron chi connectivity index (χ3n) is 2.42. The van der Waals surface area contributed by atoms with Gasteiger partial charge in [-0.2, -0.15) is 5.10 Å². The van der Waals surface area contributed by atoms with E-state index in [1.807, 2.05) is 0 Å². The van der Waals surface area contributed by atoms with Gasteiger partial charge in [0.25, 0.3) is 0 Å². The Morgan fingerprint density at radius 3 is 2.65 bits per heavy atom. The molecule has 2 rings (SSSR count). The van der Waals surface area contributed by atoms with Gasteiger partial charge in [-0.05, 0) is 5.92 Å². The van der Waals surface area contributed by atoms with Crippen molar-refractivity contribution in [3.8, 4) is 5.82 Å². The smallest absolute Gasteiger partial charge is 0.158 e. The molecule has 0 saturated carbocycles. The molecule has 6 heteroatoms. The van der Waals surface area contributed by atoms with Crippen LogP contribution in [0.2, 0.25) is 5.15 Å². The summed E-state index contributed by atoms with van der Waals surface area (Å²) in [6.45, 7) is 4.11. The molecule has 0 aromatic carbocycles. The Kier molecular flexibility index (Phi) is 3.64. The lowest BCUT2D eigenvalue weighted by atomic mass is 10.1. The summed E-state index contributed by atoms with van der Waals surface area (Å²) < 4.78 is 1.59. The maximum atomic E-state index is 6.26. The van der Waals surface area contributed by atoms with Gasteiger partial charge in [0, 0.05) is 17.8 Å². The van der Waals surface area contributed by atoms with Crippen molar-refractivity contribution >= 4 is 23.2 Å². The van der Waals surface area contributed by atoms with E-state index in [4.69, 9.17) is 23.2 Å². The van der Waals surface area contributed by atoms with E-state index >= 15 is 0 Å². The summed E-state index contributed by atoms with van der Waals surface area (Å²) in [5, 5.41) is 4.98. The first-order valence-corrected chi connectivity index (χ1v) is 6.16. The Morgan fingerprint density at radius 2 is 2.18 bits per heavy atom. The lowest BCUT2D eigenvalue weighted by molar-refractivity contribution is 0.753. The minimum Gasteiger partial charge on any atom is -0.245 e. The third kappa shape index (κ3) is 2.28. The van der Waals surface area contributed by atoms with Crippen molar-refractivity contribution in [3.63, 3.8) is 0 Å². The van der Waals surface area contributed by atoms with E-state index in [2.05, 4.69) is 28.9 Å². The monoisotopic (exact) mass is 270 g/mol. The maximum absolute atomic E-state index is 6.26. The molecule has 17 heavy (non-hydrogen) atoms. The molecule has 0 radical (unpaired) electrons. The average molecular weight is 271 g/mol. The van der Waals surface area contributed by atoms with Gasteiger partial charge in [0.15, 0.2) is 5.82 Å². The molecule has 0 aliphatic carbocycles. The van der Waals surface area contributed by atoms with E-state index in [-0.39, 0.29) is 5.92 Å². The Labute approximate surface area is 110 Å². The van der Waals surface area contributed by atoms with Crippen molar-refractivity contribution < 1.29 is 0 Å². The van der Waals surface area contributed by atoms with Crippen LogP contribution in [-0.4, -0.2) is 19.7 Å². The molecular weight excluding hydrogens is 259 g/mol. The Bertz CT molecular complexity index is 508. The fourth-order valence-electron chi connectivity index (χ4n) is 1.59. The lowest BCUT2D eigenvalue weighted by Crippen LogP contribution is -2.00. The van der Waals surface area contributed by atoms with Crippen molar-refractivity contribution in [1.82, 2.24) is 19.7 Å². The van der Waals surface area contributed by atoms with E-state index in [1.165, 1.54) is 6.33 Å². The van der Waals surface area contributed by atoms with Crippen LogP contribution in [0.15, 0.2) is 18.6 Å². The summed E-state index contributed by atoms with van der Waals surface area (Å²) >= 11 is 12.2. The zero-order valence-corrected chi connectivity index (χ0v) is 11.1. The van der Waals surface area contributed by atoms with Crippen LogP contribution in [0.5, 0.6) is 0 Å². The van der Waals surface area contributed by atoms with E-state index in [9.17, 15) is 0 Å². The molecule has 2 heterocycles. The second kappa shape index (κ2) is 5.02. The van der Waals surface area contributed by atoms with Gasteiger partial charge in [0.05, 0.1) is 11.6 Å². The maximum Gasteiger partial charge on any atom is 0.158 e. The molecule has 90 valence electrons. The van der Waals surface area contributed by atoms with Crippen LogP contribution in [-0.2, 0) is 5.88 Å². The molecule has 0 bridgehead atoms. The highest BCUT2D eigenvalue weighted by molar-refractivity contribution is 6.31. The number of alkyl halides is 1. The molecule has 0 fully saturated rings. The molecule has 0 aliphatic rings. The first kappa shape index (κ1) is 12.3. The van der Waals surface area contributed by atoms with Crippen molar-refractivity contribution in [2.24, 2.45) is 0 Å².